The molecule has 5 rings (SSSR count). The van der Waals surface area contributed by atoms with Crippen LogP contribution in [0.15, 0.2) is 41.5 Å². The average Bonchev–Trinajstić information content (AvgIpc) is 3.48. The zero-order valence-electron chi connectivity index (χ0n) is 17.5. The lowest BCUT2D eigenvalue weighted by atomic mass is 9.98. The summed E-state index contributed by atoms with van der Waals surface area (Å²) >= 11 is 7.61. The molecule has 8 nitrogen and oxygen atoms in total. The summed E-state index contributed by atoms with van der Waals surface area (Å²) in [5.74, 6) is 0.150. The number of hydrogen-bond donors (Lipinski definition) is 3. The number of nitrogens with one attached hydrogen (secondary N) is 3. The van der Waals surface area contributed by atoms with Crippen molar-refractivity contribution in [3.8, 4) is 11.4 Å². The van der Waals surface area contributed by atoms with Crippen LogP contribution >= 0.6 is 22.9 Å². The second kappa shape index (κ2) is 9.32. The van der Waals surface area contributed by atoms with Crippen LogP contribution in [0.5, 0.6) is 0 Å². The fourth-order valence-corrected chi connectivity index (χ4v) is 4.72. The predicted molar refractivity (Wildman–Crippen MR) is 128 cm³/mol. The Hall–Kier alpha value is -3.24. The summed E-state index contributed by atoms with van der Waals surface area (Å²) < 4.78 is 14.5. The molecule has 0 bridgehead atoms. The van der Waals surface area contributed by atoms with Crippen LogP contribution in [0.3, 0.4) is 0 Å². The van der Waals surface area contributed by atoms with E-state index in [4.69, 9.17) is 11.6 Å². The number of urea groups is 1. The van der Waals surface area contributed by atoms with Gasteiger partial charge in [-0.3, -0.25) is 0 Å². The van der Waals surface area contributed by atoms with Crippen molar-refractivity contribution in [3.63, 3.8) is 0 Å². The number of carbonyl (C=O) groups excluding carboxylic acids is 1. The Morgan fingerprint density at radius 3 is 3.12 bits per heavy atom. The van der Waals surface area contributed by atoms with E-state index in [1.807, 2.05) is 16.8 Å². The lowest BCUT2D eigenvalue weighted by Gasteiger charge is -2.32. The summed E-state index contributed by atoms with van der Waals surface area (Å²) in [5.41, 5.74) is 2.14. The van der Waals surface area contributed by atoms with E-state index in [0.717, 1.165) is 30.1 Å². The molecule has 0 aliphatic carbocycles. The second-order valence-electron chi connectivity index (χ2n) is 7.92. The standard InChI is InChI=1S/C22H21ClFN7OS/c23-14-6-16-17(9-27-19(16)26-8-14)20-28-10-18(24)21(30-20)25-7-13-2-1-4-31(11-13)22(32)29-15-3-5-33-12-15/h3,5-6,8-10,12-13H,1-2,4,7,11H2,(H,26,27)(H,29,32)(H,25,28,30)/t13-/m1/s1. The van der Waals surface area contributed by atoms with Gasteiger partial charge in [-0.25, -0.2) is 24.1 Å². The third-order valence-electron chi connectivity index (χ3n) is 5.62. The normalized spacial score (nSPS) is 16.2. The number of pyridine rings is 1. The van der Waals surface area contributed by atoms with Gasteiger partial charge < -0.3 is 20.5 Å². The third kappa shape index (κ3) is 4.76. The molecule has 1 aliphatic rings. The van der Waals surface area contributed by atoms with Crippen molar-refractivity contribution >= 4 is 51.5 Å². The molecule has 1 saturated heterocycles. The van der Waals surface area contributed by atoms with Crippen LogP contribution in [0.2, 0.25) is 5.02 Å². The number of rotatable bonds is 5. The van der Waals surface area contributed by atoms with Gasteiger partial charge in [0.15, 0.2) is 17.5 Å². The Labute approximate surface area is 198 Å². The third-order valence-corrected chi connectivity index (χ3v) is 6.51. The quantitative estimate of drug-likeness (QED) is 0.359. The molecule has 11 heteroatoms. The highest BCUT2D eigenvalue weighted by atomic mass is 35.5. The monoisotopic (exact) mass is 485 g/mol. The van der Waals surface area contributed by atoms with Gasteiger partial charge in [0.2, 0.25) is 0 Å². The highest BCUT2D eigenvalue weighted by molar-refractivity contribution is 7.08. The number of thiophene rings is 1. The van der Waals surface area contributed by atoms with E-state index in [0.29, 0.717) is 41.7 Å². The maximum absolute atomic E-state index is 14.5. The summed E-state index contributed by atoms with van der Waals surface area (Å²) in [5, 5.41) is 11.1. The predicted octanol–water partition coefficient (Wildman–Crippen LogP) is 5.23. The van der Waals surface area contributed by atoms with Crippen molar-refractivity contribution in [1.29, 1.82) is 0 Å². The molecule has 170 valence electrons. The lowest BCUT2D eigenvalue weighted by molar-refractivity contribution is 0.180. The minimum Gasteiger partial charge on any atom is -0.367 e. The van der Waals surface area contributed by atoms with Crippen LogP contribution in [0.4, 0.5) is 20.7 Å². The van der Waals surface area contributed by atoms with E-state index in [-0.39, 0.29) is 17.8 Å². The second-order valence-corrected chi connectivity index (χ2v) is 9.14. The van der Waals surface area contributed by atoms with Gasteiger partial charge in [0.05, 0.1) is 16.9 Å². The Balaban J connectivity index is 1.26. The summed E-state index contributed by atoms with van der Waals surface area (Å²) in [6.45, 7) is 1.79. The summed E-state index contributed by atoms with van der Waals surface area (Å²) in [6.07, 6.45) is 6.28. The number of fused-ring (bicyclic) bond motifs is 1. The number of carbonyl (C=O) groups is 1. The molecule has 0 spiro atoms. The van der Waals surface area contributed by atoms with Gasteiger partial charge in [0, 0.05) is 48.4 Å². The van der Waals surface area contributed by atoms with E-state index in [1.54, 1.807) is 23.4 Å². The fourth-order valence-electron chi connectivity index (χ4n) is 3.98. The smallest absolute Gasteiger partial charge is 0.321 e. The molecule has 0 radical (unpaired) electrons. The first-order valence-corrected chi connectivity index (χ1v) is 11.9. The molecule has 33 heavy (non-hydrogen) atoms. The van der Waals surface area contributed by atoms with Crippen LogP contribution in [0.1, 0.15) is 12.8 Å². The van der Waals surface area contributed by atoms with Gasteiger partial charge in [-0.05, 0) is 36.3 Å². The van der Waals surface area contributed by atoms with Crippen molar-refractivity contribution in [3.05, 3.63) is 52.3 Å². The molecular formula is C22H21ClFN7OS. The largest absolute Gasteiger partial charge is 0.367 e. The van der Waals surface area contributed by atoms with Gasteiger partial charge in [-0.2, -0.15) is 11.3 Å². The van der Waals surface area contributed by atoms with Crippen molar-refractivity contribution in [2.75, 3.05) is 30.3 Å². The number of aromatic amines is 1. The SMILES string of the molecule is O=C(Nc1ccsc1)N1CCC[C@H](CNc2nc(-c3c[nH]c4ncc(Cl)cc34)ncc2F)C1. The molecule has 0 unspecified atom stereocenters. The molecule has 2 amide bonds. The van der Waals surface area contributed by atoms with E-state index < -0.39 is 5.82 Å². The van der Waals surface area contributed by atoms with E-state index >= 15 is 0 Å². The number of hydrogen-bond acceptors (Lipinski definition) is 6. The number of nitrogens with zero attached hydrogens (tertiary/aromatic N) is 4. The van der Waals surface area contributed by atoms with Crippen molar-refractivity contribution < 1.29 is 9.18 Å². The first kappa shape index (κ1) is 21.6. The van der Waals surface area contributed by atoms with Crippen LogP contribution in [-0.4, -0.2) is 50.5 Å². The van der Waals surface area contributed by atoms with Crippen LogP contribution in [0, 0.1) is 11.7 Å². The number of anilines is 2. The number of H-pyrrole nitrogens is 1. The van der Waals surface area contributed by atoms with E-state index in [2.05, 4.69) is 30.6 Å². The van der Waals surface area contributed by atoms with Gasteiger partial charge in [0.25, 0.3) is 0 Å². The van der Waals surface area contributed by atoms with Crippen LogP contribution < -0.4 is 10.6 Å². The van der Waals surface area contributed by atoms with E-state index in [9.17, 15) is 9.18 Å². The molecular weight excluding hydrogens is 465 g/mol. The van der Waals surface area contributed by atoms with Crippen molar-refractivity contribution in [2.24, 2.45) is 5.92 Å². The Morgan fingerprint density at radius 1 is 1.36 bits per heavy atom. The summed E-state index contributed by atoms with van der Waals surface area (Å²) in [4.78, 5) is 30.2. The minimum absolute atomic E-state index is 0.111. The van der Waals surface area contributed by atoms with Crippen LogP contribution in [-0.2, 0) is 0 Å². The van der Waals surface area contributed by atoms with Gasteiger partial charge in [-0.1, -0.05) is 11.6 Å². The first-order valence-electron chi connectivity index (χ1n) is 10.5. The van der Waals surface area contributed by atoms with Crippen LogP contribution in [0.25, 0.3) is 22.4 Å². The zero-order chi connectivity index (χ0) is 22.8. The molecule has 4 aromatic heterocycles. The van der Waals surface area contributed by atoms with Gasteiger partial charge in [-0.15, -0.1) is 0 Å². The highest BCUT2D eigenvalue weighted by Gasteiger charge is 2.24. The molecule has 0 saturated carbocycles. The maximum Gasteiger partial charge on any atom is 0.321 e. The number of amides is 2. The Kier molecular flexibility index (Phi) is 6.10. The molecule has 1 fully saturated rings. The van der Waals surface area contributed by atoms with Gasteiger partial charge in [0.1, 0.15) is 5.65 Å². The topological polar surface area (TPSA) is 98.8 Å². The summed E-state index contributed by atoms with van der Waals surface area (Å²) in [6, 6.07) is 3.53. The molecule has 5 heterocycles. The highest BCUT2D eigenvalue weighted by Crippen LogP contribution is 2.28. The number of piperidine rings is 1. The Bertz CT molecular complexity index is 1280. The first-order chi connectivity index (χ1) is 16.1. The fraction of sp³-hybridized carbons (Fsp3) is 0.273. The molecule has 0 aromatic carbocycles. The maximum atomic E-state index is 14.5. The molecule has 1 atom stereocenters. The van der Waals surface area contributed by atoms with Gasteiger partial charge >= 0.3 is 6.03 Å². The van der Waals surface area contributed by atoms with E-state index in [1.165, 1.54) is 11.3 Å². The summed E-state index contributed by atoms with van der Waals surface area (Å²) in [7, 11) is 0. The zero-order valence-corrected chi connectivity index (χ0v) is 19.1. The number of aromatic nitrogens is 4. The Morgan fingerprint density at radius 2 is 2.27 bits per heavy atom. The minimum atomic E-state index is -0.530. The molecule has 3 N–H and O–H groups in total. The lowest BCUT2D eigenvalue weighted by Crippen LogP contribution is -2.43. The average molecular weight is 486 g/mol. The van der Waals surface area contributed by atoms with Crippen molar-refractivity contribution in [2.45, 2.75) is 12.8 Å². The number of likely N-dealkylation sites (tertiary alicyclic amines) is 1. The molecule has 4 aromatic rings. The molecule has 1 aliphatic heterocycles. The van der Waals surface area contributed by atoms with Crippen molar-refractivity contribution in [1.82, 2.24) is 24.8 Å². The number of halogens is 2.